The van der Waals surface area contributed by atoms with Crippen molar-refractivity contribution in [3.8, 4) is 0 Å². The highest BCUT2D eigenvalue weighted by atomic mass is 35.5. The van der Waals surface area contributed by atoms with Gasteiger partial charge in [0.1, 0.15) is 0 Å². The molecule has 0 saturated heterocycles. The third-order valence-electron chi connectivity index (χ3n) is 2.08. The fourth-order valence-corrected chi connectivity index (χ4v) is 1.32. The molecule has 2 nitrogen and oxygen atoms in total. The van der Waals surface area contributed by atoms with Crippen LogP contribution in [0.3, 0.4) is 0 Å². The topological polar surface area (TPSA) is 29.1 Å². The zero-order valence-corrected chi connectivity index (χ0v) is 9.66. The molecule has 0 radical (unpaired) electrons. The van der Waals surface area contributed by atoms with Crippen LogP contribution >= 0.6 is 11.6 Å². The van der Waals surface area contributed by atoms with E-state index in [-0.39, 0.29) is 16.3 Å². The van der Waals surface area contributed by atoms with Gasteiger partial charge in [-0.05, 0) is 30.7 Å². The van der Waals surface area contributed by atoms with Gasteiger partial charge in [-0.3, -0.25) is 4.79 Å². The molecule has 18 heavy (non-hydrogen) atoms. The maximum absolute atomic E-state index is 12.7. The van der Waals surface area contributed by atoms with Gasteiger partial charge in [0.25, 0.3) is 0 Å². The summed E-state index contributed by atoms with van der Waals surface area (Å²) in [6.07, 6.45) is -5.93. The van der Waals surface area contributed by atoms with Crippen LogP contribution < -0.4 is 5.32 Å². The van der Waals surface area contributed by atoms with Gasteiger partial charge < -0.3 is 5.32 Å². The number of carbonyl (C=O) groups is 1. The summed E-state index contributed by atoms with van der Waals surface area (Å²) in [4.78, 5) is 10.9. The number of rotatable bonds is 2. The minimum atomic E-state index is -5.93. The standard InChI is InChI=1S/C10H7ClF5NO/c1-5-4-6(11)2-3-7(5)17-8(18)9(12,13)10(14,15)16/h2-4H,1H3,(H,17,18). The molecule has 100 valence electrons. The van der Waals surface area contributed by atoms with Crippen LogP contribution in [0.2, 0.25) is 5.02 Å². The fraction of sp³-hybridized carbons (Fsp3) is 0.300. The maximum atomic E-state index is 12.7. The molecule has 0 aromatic heterocycles. The Hall–Kier alpha value is -1.37. The van der Waals surface area contributed by atoms with Crippen molar-refractivity contribution >= 4 is 23.2 Å². The van der Waals surface area contributed by atoms with Crippen LogP contribution in [0.1, 0.15) is 5.56 Å². The lowest BCUT2D eigenvalue weighted by Gasteiger charge is -2.19. The van der Waals surface area contributed by atoms with Gasteiger partial charge in [-0.25, -0.2) is 0 Å². The Morgan fingerprint density at radius 3 is 2.22 bits per heavy atom. The number of hydrogen-bond acceptors (Lipinski definition) is 1. The van der Waals surface area contributed by atoms with E-state index >= 15 is 0 Å². The van der Waals surface area contributed by atoms with E-state index in [4.69, 9.17) is 11.6 Å². The zero-order valence-electron chi connectivity index (χ0n) is 8.91. The first-order valence-electron chi connectivity index (χ1n) is 4.58. The molecule has 0 aliphatic heterocycles. The van der Waals surface area contributed by atoms with Gasteiger partial charge >= 0.3 is 18.0 Å². The Labute approximate surface area is 104 Å². The highest BCUT2D eigenvalue weighted by Gasteiger charge is 2.63. The van der Waals surface area contributed by atoms with Crippen LogP contribution in [-0.4, -0.2) is 18.0 Å². The summed E-state index contributed by atoms with van der Waals surface area (Å²) < 4.78 is 61.1. The second-order valence-corrected chi connectivity index (χ2v) is 3.92. The number of benzene rings is 1. The van der Waals surface area contributed by atoms with E-state index in [1.165, 1.54) is 24.4 Å². The largest absolute Gasteiger partial charge is 0.463 e. The lowest BCUT2D eigenvalue weighted by atomic mass is 10.2. The smallest absolute Gasteiger partial charge is 0.320 e. The summed E-state index contributed by atoms with van der Waals surface area (Å²) in [5.41, 5.74) is 0.113. The molecule has 0 bridgehead atoms. The van der Waals surface area contributed by atoms with Gasteiger partial charge in [-0.2, -0.15) is 22.0 Å². The number of anilines is 1. The molecule has 0 heterocycles. The van der Waals surface area contributed by atoms with Crippen LogP contribution in [0.5, 0.6) is 0 Å². The molecule has 1 N–H and O–H groups in total. The molecule has 8 heteroatoms. The Bertz CT molecular complexity index is 472. The number of carbonyl (C=O) groups excluding carboxylic acids is 1. The lowest BCUT2D eigenvalue weighted by molar-refractivity contribution is -0.267. The summed E-state index contributed by atoms with van der Waals surface area (Å²) in [6, 6.07) is 3.72. The first-order chi connectivity index (χ1) is 8.05. The van der Waals surface area contributed by atoms with Crippen molar-refractivity contribution < 1.29 is 26.7 Å². The van der Waals surface area contributed by atoms with Crippen LogP contribution in [0.15, 0.2) is 18.2 Å². The minimum Gasteiger partial charge on any atom is -0.320 e. The highest BCUT2D eigenvalue weighted by Crippen LogP contribution is 2.36. The molecule has 1 rings (SSSR count). The van der Waals surface area contributed by atoms with Crippen LogP contribution in [-0.2, 0) is 4.79 Å². The molecule has 0 fully saturated rings. The average Bonchev–Trinajstić information content (AvgIpc) is 2.20. The number of alkyl halides is 5. The van der Waals surface area contributed by atoms with Crippen LogP contribution in [0.4, 0.5) is 27.6 Å². The van der Waals surface area contributed by atoms with Crippen molar-refractivity contribution in [2.45, 2.75) is 19.0 Å². The summed E-state index contributed by atoms with van der Waals surface area (Å²) in [5, 5.41) is 1.79. The number of nitrogens with one attached hydrogen (secondary N) is 1. The molecule has 1 aromatic rings. The van der Waals surface area contributed by atoms with Crippen molar-refractivity contribution in [1.29, 1.82) is 0 Å². The number of aryl methyl sites for hydroxylation is 1. The molecular weight excluding hydrogens is 281 g/mol. The molecule has 0 unspecified atom stereocenters. The van der Waals surface area contributed by atoms with Gasteiger partial charge in [0.05, 0.1) is 0 Å². The van der Waals surface area contributed by atoms with E-state index in [0.717, 1.165) is 6.07 Å². The predicted octanol–water partition coefficient (Wildman–Crippen LogP) is 3.78. The quantitative estimate of drug-likeness (QED) is 0.824. The van der Waals surface area contributed by atoms with Gasteiger partial charge in [-0.15, -0.1) is 0 Å². The SMILES string of the molecule is Cc1cc(Cl)ccc1NC(=O)C(F)(F)C(F)(F)F. The highest BCUT2D eigenvalue weighted by molar-refractivity contribution is 6.30. The summed E-state index contributed by atoms with van der Waals surface area (Å²) in [7, 11) is 0. The molecule has 0 atom stereocenters. The van der Waals surface area contributed by atoms with E-state index < -0.39 is 18.0 Å². The first kappa shape index (κ1) is 14.7. The molecular formula is C10H7ClF5NO. The second kappa shape index (κ2) is 4.72. The van der Waals surface area contributed by atoms with Crippen LogP contribution in [0.25, 0.3) is 0 Å². The van der Waals surface area contributed by atoms with E-state index in [1.54, 1.807) is 0 Å². The molecule has 0 spiro atoms. The zero-order chi connectivity index (χ0) is 14.1. The normalized spacial score (nSPS) is 12.4. The minimum absolute atomic E-state index is 0.159. The Morgan fingerprint density at radius 1 is 1.22 bits per heavy atom. The van der Waals surface area contributed by atoms with E-state index in [2.05, 4.69) is 0 Å². The van der Waals surface area contributed by atoms with Gasteiger partial charge in [-0.1, -0.05) is 11.6 Å². The lowest BCUT2D eigenvalue weighted by Crippen LogP contribution is -2.47. The predicted molar refractivity (Wildman–Crippen MR) is 55.8 cm³/mol. The van der Waals surface area contributed by atoms with Crippen molar-refractivity contribution in [3.63, 3.8) is 0 Å². The number of halogens is 6. The van der Waals surface area contributed by atoms with E-state index in [0.29, 0.717) is 0 Å². The summed E-state index contributed by atoms with van der Waals surface area (Å²) in [5.74, 6) is -7.88. The fourth-order valence-electron chi connectivity index (χ4n) is 1.10. The van der Waals surface area contributed by atoms with Crippen molar-refractivity contribution in [3.05, 3.63) is 28.8 Å². The van der Waals surface area contributed by atoms with Crippen molar-refractivity contribution in [1.82, 2.24) is 0 Å². The average molecular weight is 288 g/mol. The van der Waals surface area contributed by atoms with Gasteiger partial charge in [0, 0.05) is 10.7 Å². The maximum Gasteiger partial charge on any atom is 0.463 e. The van der Waals surface area contributed by atoms with Gasteiger partial charge in [0.2, 0.25) is 0 Å². The van der Waals surface area contributed by atoms with E-state index in [9.17, 15) is 26.7 Å². The Kier molecular flexibility index (Phi) is 3.85. The number of amides is 1. The first-order valence-corrected chi connectivity index (χ1v) is 4.95. The van der Waals surface area contributed by atoms with Crippen molar-refractivity contribution in [2.75, 3.05) is 5.32 Å². The number of hydrogen-bond donors (Lipinski definition) is 1. The molecule has 0 aliphatic carbocycles. The Balaban J connectivity index is 2.95. The second-order valence-electron chi connectivity index (χ2n) is 3.49. The van der Waals surface area contributed by atoms with Crippen molar-refractivity contribution in [2.24, 2.45) is 0 Å². The Morgan fingerprint density at radius 2 is 1.78 bits per heavy atom. The monoisotopic (exact) mass is 287 g/mol. The van der Waals surface area contributed by atoms with Gasteiger partial charge in [0.15, 0.2) is 0 Å². The molecule has 0 saturated carbocycles. The summed E-state index contributed by atoms with van der Waals surface area (Å²) >= 11 is 5.58. The summed E-state index contributed by atoms with van der Waals surface area (Å²) in [6.45, 7) is 1.41. The third-order valence-corrected chi connectivity index (χ3v) is 2.31. The molecule has 0 aliphatic rings. The third kappa shape index (κ3) is 2.90. The molecule has 1 amide bonds. The van der Waals surface area contributed by atoms with E-state index in [1.807, 2.05) is 0 Å². The van der Waals surface area contributed by atoms with Crippen LogP contribution in [0, 0.1) is 6.92 Å². The molecule has 1 aromatic carbocycles.